The van der Waals surface area contributed by atoms with E-state index in [0.29, 0.717) is 6.41 Å². The first-order valence-corrected chi connectivity index (χ1v) is 13.1. The highest BCUT2D eigenvalue weighted by molar-refractivity contribution is 7.96. The molecule has 2 fully saturated rings. The summed E-state index contributed by atoms with van der Waals surface area (Å²) in [5, 5.41) is -1.06. The fourth-order valence-electron chi connectivity index (χ4n) is 3.21. The molecular formula is C15H20N2O7S3. The summed E-state index contributed by atoms with van der Waals surface area (Å²) in [7, 11) is -11.3. The maximum atomic E-state index is 12.8. The van der Waals surface area contributed by atoms with Gasteiger partial charge in [0.25, 0.3) is 0 Å². The summed E-state index contributed by atoms with van der Waals surface area (Å²) in [5.41, 5.74) is 0. The van der Waals surface area contributed by atoms with E-state index in [-0.39, 0.29) is 48.1 Å². The molecule has 0 aliphatic carbocycles. The molecule has 3 rings (SSSR count). The van der Waals surface area contributed by atoms with Crippen LogP contribution in [0.15, 0.2) is 34.1 Å². The van der Waals surface area contributed by atoms with Gasteiger partial charge in [0.2, 0.25) is 16.4 Å². The smallest absolute Gasteiger partial charge is 0.243 e. The lowest BCUT2D eigenvalue weighted by Crippen LogP contribution is -2.47. The second-order valence-electron chi connectivity index (χ2n) is 6.59. The lowest BCUT2D eigenvalue weighted by Gasteiger charge is -2.31. The number of sulfonamides is 1. The third kappa shape index (κ3) is 4.03. The van der Waals surface area contributed by atoms with E-state index in [1.54, 1.807) is 0 Å². The first-order valence-electron chi connectivity index (χ1n) is 8.30. The maximum absolute atomic E-state index is 12.8. The standard InChI is InChI=1S/C15H20N2O7S3/c18-12-16-5-7-17(8-6-16)27(23,24)14-3-1-2-13(10-14)26(21,22)15-4-9-25(19,20)11-15/h1-3,10,12,15H,4-9,11H2/t15-/m0/s1. The second-order valence-corrected chi connectivity index (χ2v) is 13.0. The van der Waals surface area contributed by atoms with Crippen LogP contribution >= 0.6 is 0 Å². The van der Waals surface area contributed by atoms with E-state index in [1.807, 2.05) is 0 Å². The van der Waals surface area contributed by atoms with Crippen LogP contribution in [0.5, 0.6) is 0 Å². The number of amides is 1. The number of carbonyl (C=O) groups is 1. The van der Waals surface area contributed by atoms with E-state index < -0.39 is 40.7 Å². The van der Waals surface area contributed by atoms with Crippen molar-refractivity contribution in [1.82, 2.24) is 9.21 Å². The van der Waals surface area contributed by atoms with Crippen molar-refractivity contribution < 1.29 is 30.0 Å². The van der Waals surface area contributed by atoms with Gasteiger partial charge in [0.1, 0.15) is 0 Å². The van der Waals surface area contributed by atoms with Gasteiger partial charge in [0.05, 0.1) is 26.5 Å². The molecule has 1 atom stereocenters. The van der Waals surface area contributed by atoms with Gasteiger partial charge in [-0.2, -0.15) is 4.31 Å². The van der Waals surface area contributed by atoms with Crippen LogP contribution in [-0.4, -0.2) is 83.8 Å². The van der Waals surface area contributed by atoms with Crippen molar-refractivity contribution >= 4 is 36.1 Å². The molecule has 0 N–H and O–H groups in total. The van der Waals surface area contributed by atoms with Crippen molar-refractivity contribution in [2.75, 3.05) is 37.7 Å². The number of hydrogen-bond donors (Lipinski definition) is 0. The minimum Gasteiger partial charge on any atom is -0.343 e. The van der Waals surface area contributed by atoms with Crippen molar-refractivity contribution in [3.05, 3.63) is 24.3 Å². The summed E-state index contributed by atoms with van der Waals surface area (Å²) < 4.78 is 75.5. The lowest BCUT2D eigenvalue weighted by atomic mass is 10.4. The largest absolute Gasteiger partial charge is 0.343 e. The van der Waals surface area contributed by atoms with Crippen molar-refractivity contribution in [1.29, 1.82) is 0 Å². The molecule has 12 heteroatoms. The second kappa shape index (κ2) is 7.15. The summed E-state index contributed by atoms with van der Waals surface area (Å²) in [6.07, 6.45) is 0.669. The summed E-state index contributed by atoms with van der Waals surface area (Å²) in [5.74, 6) is -0.629. The molecule has 0 bridgehead atoms. The zero-order chi connectivity index (χ0) is 19.9. The predicted molar refractivity (Wildman–Crippen MR) is 97.1 cm³/mol. The molecule has 1 aromatic carbocycles. The van der Waals surface area contributed by atoms with Crippen molar-refractivity contribution in [2.45, 2.75) is 21.5 Å². The van der Waals surface area contributed by atoms with Crippen LogP contribution in [-0.2, 0) is 34.5 Å². The van der Waals surface area contributed by atoms with E-state index in [1.165, 1.54) is 27.4 Å². The molecule has 0 saturated carbocycles. The molecule has 0 spiro atoms. The van der Waals surface area contributed by atoms with Crippen LogP contribution in [0.3, 0.4) is 0 Å². The van der Waals surface area contributed by atoms with E-state index in [9.17, 15) is 30.0 Å². The summed E-state index contributed by atoms with van der Waals surface area (Å²) in [6.45, 7) is 0.777. The van der Waals surface area contributed by atoms with Gasteiger partial charge in [0, 0.05) is 26.2 Å². The minimum absolute atomic E-state index is 0.00923. The lowest BCUT2D eigenvalue weighted by molar-refractivity contribution is -0.119. The quantitative estimate of drug-likeness (QED) is 0.548. The van der Waals surface area contributed by atoms with Gasteiger partial charge in [-0.25, -0.2) is 25.3 Å². The van der Waals surface area contributed by atoms with E-state index in [0.717, 1.165) is 6.07 Å². The zero-order valence-electron chi connectivity index (χ0n) is 14.4. The molecule has 0 unspecified atom stereocenters. The van der Waals surface area contributed by atoms with Crippen molar-refractivity contribution in [3.8, 4) is 0 Å². The normalized spacial score (nSPS) is 24.0. The zero-order valence-corrected chi connectivity index (χ0v) is 16.8. The Morgan fingerprint density at radius 3 is 2.19 bits per heavy atom. The van der Waals surface area contributed by atoms with Crippen LogP contribution < -0.4 is 0 Å². The fraction of sp³-hybridized carbons (Fsp3) is 0.533. The Kier molecular flexibility index (Phi) is 5.36. The van der Waals surface area contributed by atoms with Gasteiger partial charge in [-0.1, -0.05) is 6.07 Å². The molecule has 150 valence electrons. The van der Waals surface area contributed by atoms with Crippen LogP contribution in [0.4, 0.5) is 0 Å². The monoisotopic (exact) mass is 436 g/mol. The number of benzene rings is 1. The summed E-state index contributed by atoms with van der Waals surface area (Å²) in [4.78, 5) is 11.9. The SMILES string of the molecule is O=CN1CCN(S(=O)(=O)c2cccc(S(=O)(=O)[C@H]3CCS(=O)(=O)C3)c2)CC1. The van der Waals surface area contributed by atoms with E-state index >= 15 is 0 Å². The minimum atomic E-state index is -3.95. The Balaban J connectivity index is 1.88. The average molecular weight is 437 g/mol. The van der Waals surface area contributed by atoms with Crippen LogP contribution in [0, 0.1) is 0 Å². The van der Waals surface area contributed by atoms with Crippen LogP contribution in [0.1, 0.15) is 6.42 Å². The number of hydrogen-bond acceptors (Lipinski definition) is 7. The molecule has 2 heterocycles. The van der Waals surface area contributed by atoms with Crippen LogP contribution in [0.2, 0.25) is 0 Å². The fourth-order valence-corrected chi connectivity index (χ4v) is 9.16. The number of piperazine rings is 1. The first-order chi connectivity index (χ1) is 12.6. The molecular weight excluding hydrogens is 416 g/mol. The number of nitrogens with zero attached hydrogens (tertiary/aromatic N) is 2. The molecule has 1 aromatic rings. The van der Waals surface area contributed by atoms with Crippen LogP contribution in [0.25, 0.3) is 0 Å². The molecule has 2 aliphatic heterocycles. The highest BCUT2D eigenvalue weighted by Gasteiger charge is 2.38. The Labute approximate surface area is 158 Å². The Morgan fingerprint density at radius 1 is 1.00 bits per heavy atom. The Hall–Kier alpha value is -1.50. The number of sulfone groups is 2. The van der Waals surface area contributed by atoms with Crippen molar-refractivity contribution in [3.63, 3.8) is 0 Å². The topological polar surface area (TPSA) is 126 Å². The Morgan fingerprint density at radius 2 is 1.63 bits per heavy atom. The van der Waals surface area contributed by atoms with Crippen molar-refractivity contribution in [2.24, 2.45) is 0 Å². The predicted octanol–water partition coefficient (Wildman–Crippen LogP) is -0.890. The molecule has 0 aromatic heterocycles. The summed E-state index contributed by atoms with van der Waals surface area (Å²) in [6, 6.07) is 5.02. The third-order valence-electron chi connectivity index (χ3n) is 4.82. The third-order valence-corrected chi connectivity index (χ3v) is 10.9. The maximum Gasteiger partial charge on any atom is 0.243 e. The number of carbonyl (C=O) groups excluding carboxylic acids is 1. The first kappa shape index (κ1) is 20.2. The van der Waals surface area contributed by atoms with Gasteiger partial charge in [0.15, 0.2) is 19.7 Å². The Bertz CT molecular complexity index is 1040. The summed E-state index contributed by atoms with van der Waals surface area (Å²) >= 11 is 0. The average Bonchev–Trinajstić information content (AvgIpc) is 3.02. The molecule has 0 radical (unpaired) electrons. The van der Waals surface area contributed by atoms with Gasteiger partial charge in [-0.05, 0) is 24.6 Å². The molecule has 2 aliphatic rings. The van der Waals surface area contributed by atoms with Gasteiger partial charge in [-0.3, -0.25) is 4.79 Å². The van der Waals surface area contributed by atoms with E-state index in [4.69, 9.17) is 0 Å². The van der Waals surface area contributed by atoms with Gasteiger partial charge in [-0.15, -0.1) is 0 Å². The molecule has 1 amide bonds. The molecule has 2 saturated heterocycles. The molecule has 27 heavy (non-hydrogen) atoms. The number of rotatable bonds is 5. The van der Waals surface area contributed by atoms with Gasteiger partial charge < -0.3 is 4.90 Å². The molecule has 9 nitrogen and oxygen atoms in total. The van der Waals surface area contributed by atoms with Gasteiger partial charge >= 0.3 is 0 Å². The highest BCUT2D eigenvalue weighted by atomic mass is 32.2. The highest BCUT2D eigenvalue weighted by Crippen LogP contribution is 2.27. The van der Waals surface area contributed by atoms with E-state index in [2.05, 4.69) is 0 Å².